The third kappa shape index (κ3) is 3.34. The van der Waals surface area contributed by atoms with Gasteiger partial charge in [-0.25, -0.2) is 0 Å². The van der Waals surface area contributed by atoms with E-state index >= 15 is 0 Å². The van der Waals surface area contributed by atoms with Gasteiger partial charge in [0.15, 0.2) is 5.17 Å². The van der Waals surface area contributed by atoms with E-state index in [1.165, 1.54) is 11.8 Å². The lowest BCUT2D eigenvalue weighted by Gasteiger charge is -1.95. The van der Waals surface area contributed by atoms with Crippen LogP contribution in [0.2, 0.25) is 5.02 Å². The molecule has 2 rings (SSSR count). The summed E-state index contributed by atoms with van der Waals surface area (Å²) in [4.78, 5) is 11.4. The fourth-order valence-electron chi connectivity index (χ4n) is 1.42. The van der Waals surface area contributed by atoms with Gasteiger partial charge in [0.1, 0.15) is 0 Å². The van der Waals surface area contributed by atoms with Crippen molar-refractivity contribution in [2.45, 2.75) is 18.6 Å². The third-order valence-electron chi connectivity index (χ3n) is 2.37. The van der Waals surface area contributed by atoms with E-state index in [0.29, 0.717) is 10.2 Å². The van der Waals surface area contributed by atoms with Crippen LogP contribution in [0.3, 0.4) is 0 Å². The van der Waals surface area contributed by atoms with Crippen molar-refractivity contribution in [1.82, 2.24) is 5.32 Å². The van der Waals surface area contributed by atoms with Crippen molar-refractivity contribution >= 4 is 40.7 Å². The average molecular weight is 282 g/mol. The smallest absolute Gasteiger partial charge is 0.239 e. The summed E-state index contributed by atoms with van der Waals surface area (Å²) in [5, 5.41) is 11.8. The van der Waals surface area contributed by atoms with Crippen molar-refractivity contribution < 1.29 is 4.79 Å². The molecule has 0 unspecified atom stereocenters. The minimum atomic E-state index is -0.0468. The van der Waals surface area contributed by atoms with Crippen LogP contribution in [0.25, 0.3) is 0 Å². The van der Waals surface area contributed by atoms with Crippen molar-refractivity contribution in [3.05, 3.63) is 34.9 Å². The summed E-state index contributed by atoms with van der Waals surface area (Å²) in [5.41, 5.74) is 0.908. The molecular weight excluding hydrogens is 270 g/mol. The molecule has 94 valence electrons. The Kier molecular flexibility index (Phi) is 4.38. The molecular formula is C12H12ClN3OS. The average Bonchev–Trinajstić information content (AvgIpc) is 2.72. The maximum Gasteiger partial charge on any atom is 0.239 e. The molecule has 1 aromatic rings. The molecule has 0 saturated carbocycles. The van der Waals surface area contributed by atoms with E-state index in [-0.39, 0.29) is 11.2 Å². The molecule has 1 heterocycles. The first kappa shape index (κ1) is 13.1. The SMILES string of the molecule is CC[C@@H]1S/C(=N\N=C\c2ccc(Cl)cc2)NC1=O. The molecule has 1 aliphatic heterocycles. The Morgan fingerprint density at radius 3 is 2.78 bits per heavy atom. The first-order valence-electron chi connectivity index (χ1n) is 5.53. The fraction of sp³-hybridized carbons (Fsp3) is 0.250. The second kappa shape index (κ2) is 6.02. The van der Waals surface area contributed by atoms with Crippen LogP contribution in [0.4, 0.5) is 0 Å². The highest BCUT2D eigenvalue weighted by Gasteiger charge is 2.28. The number of hydrogen-bond acceptors (Lipinski definition) is 4. The summed E-state index contributed by atoms with van der Waals surface area (Å²) in [7, 11) is 0. The zero-order valence-corrected chi connectivity index (χ0v) is 11.3. The molecule has 1 fully saturated rings. The highest BCUT2D eigenvalue weighted by Crippen LogP contribution is 2.21. The molecule has 0 bridgehead atoms. The molecule has 1 aliphatic rings. The van der Waals surface area contributed by atoms with Crippen molar-refractivity contribution in [2.75, 3.05) is 0 Å². The Morgan fingerprint density at radius 2 is 2.17 bits per heavy atom. The quantitative estimate of drug-likeness (QED) is 0.684. The molecule has 18 heavy (non-hydrogen) atoms. The van der Waals surface area contributed by atoms with Gasteiger partial charge in [0, 0.05) is 5.02 Å². The number of benzene rings is 1. The Morgan fingerprint density at radius 1 is 1.44 bits per heavy atom. The highest BCUT2D eigenvalue weighted by atomic mass is 35.5. The minimum Gasteiger partial charge on any atom is -0.303 e. The van der Waals surface area contributed by atoms with Crippen LogP contribution in [-0.2, 0) is 4.79 Å². The van der Waals surface area contributed by atoms with E-state index in [1.807, 2.05) is 19.1 Å². The van der Waals surface area contributed by atoms with Crippen LogP contribution in [0, 0.1) is 0 Å². The Hall–Kier alpha value is -1.33. The number of rotatable bonds is 3. The van der Waals surface area contributed by atoms with Crippen LogP contribution in [0.1, 0.15) is 18.9 Å². The first-order chi connectivity index (χ1) is 8.69. The van der Waals surface area contributed by atoms with Crippen molar-refractivity contribution in [3.8, 4) is 0 Å². The van der Waals surface area contributed by atoms with Crippen molar-refractivity contribution in [2.24, 2.45) is 10.2 Å². The molecule has 4 nitrogen and oxygen atoms in total. The van der Waals surface area contributed by atoms with E-state index < -0.39 is 0 Å². The summed E-state index contributed by atoms with van der Waals surface area (Å²) in [6.07, 6.45) is 2.41. The normalized spacial score (nSPS) is 21.8. The molecule has 0 spiro atoms. The lowest BCUT2D eigenvalue weighted by molar-refractivity contribution is -0.118. The summed E-state index contributed by atoms with van der Waals surface area (Å²) < 4.78 is 0. The lowest BCUT2D eigenvalue weighted by Crippen LogP contribution is -2.24. The molecule has 1 atom stereocenters. The number of amides is 1. The van der Waals surface area contributed by atoms with Crippen LogP contribution in [-0.4, -0.2) is 22.5 Å². The number of carbonyl (C=O) groups excluding carboxylic acids is 1. The van der Waals surface area contributed by atoms with Gasteiger partial charge in [-0.3, -0.25) is 4.79 Å². The standard InChI is InChI=1S/C12H12ClN3OS/c1-2-10-11(17)15-12(18-10)16-14-7-8-3-5-9(13)6-4-8/h3-7,10H,2H2,1H3,(H,15,16,17)/b14-7+/t10-/m0/s1. The summed E-state index contributed by atoms with van der Waals surface area (Å²) in [6, 6.07) is 7.27. The number of carbonyl (C=O) groups is 1. The van der Waals surface area contributed by atoms with Gasteiger partial charge in [-0.1, -0.05) is 42.4 Å². The van der Waals surface area contributed by atoms with Gasteiger partial charge in [0.2, 0.25) is 5.91 Å². The number of halogens is 1. The molecule has 0 aromatic heterocycles. The van der Waals surface area contributed by atoms with Crippen LogP contribution in [0.15, 0.2) is 34.5 Å². The van der Waals surface area contributed by atoms with E-state index in [4.69, 9.17) is 11.6 Å². The highest BCUT2D eigenvalue weighted by molar-refractivity contribution is 8.15. The molecule has 0 aliphatic carbocycles. The monoisotopic (exact) mass is 281 g/mol. The number of nitrogens with one attached hydrogen (secondary N) is 1. The summed E-state index contributed by atoms with van der Waals surface area (Å²) in [5.74, 6) is 0.00272. The predicted molar refractivity (Wildman–Crippen MR) is 76.3 cm³/mol. The molecule has 1 saturated heterocycles. The Balaban J connectivity index is 1.99. The third-order valence-corrected chi connectivity index (χ3v) is 3.86. The van der Waals surface area contributed by atoms with Crippen LogP contribution < -0.4 is 5.32 Å². The van der Waals surface area contributed by atoms with Gasteiger partial charge in [-0.2, -0.15) is 5.10 Å². The van der Waals surface area contributed by atoms with Crippen molar-refractivity contribution in [3.63, 3.8) is 0 Å². The van der Waals surface area contributed by atoms with Gasteiger partial charge in [0.25, 0.3) is 0 Å². The topological polar surface area (TPSA) is 53.8 Å². The number of thioether (sulfide) groups is 1. The van der Waals surface area contributed by atoms with Gasteiger partial charge >= 0.3 is 0 Å². The number of hydrogen-bond donors (Lipinski definition) is 1. The van der Waals surface area contributed by atoms with Crippen LogP contribution >= 0.6 is 23.4 Å². The second-order valence-corrected chi connectivity index (χ2v) is 5.33. The van der Waals surface area contributed by atoms with Gasteiger partial charge in [-0.15, -0.1) is 5.10 Å². The number of amidine groups is 1. The Bertz CT molecular complexity index is 499. The lowest BCUT2D eigenvalue weighted by atomic mass is 10.2. The van der Waals surface area contributed by atoms with Crippen LogP contribution in [0.5, 0.6) is 0 Å². The zero-order valence-electron chi connectivity index (χ0n) is 9.76. The summed E-state index contributed by atoms with van der Waals surface area (Å²) in [6.45, 7) is 1.97. The molecule has 0 radical (unpaired) electrons. The maximum atomic E-state index is 11.4. The van der Waals surface area contributed by atoms with E-state index in [2.05, 4.69) is 15.5 Å². The zero-order chi connectivity index (χ0) is 13.0. The summed E-state index contributed by atoms with van der Waals surface area (Å²) >= 11 is 7.19. The van der Waals surface area contributed by atoms with E-state index in [0.717, 1.165) is 12.0 Å². The maximum absolute atomic E-state index is 11.4. The van der Waals surface area contributed by atoms with Crippen molar-refractivity contribution in [1.29, 1.82) is 0 Å². The first-order valence-corrected chi connectivity index (χ1v) is 6.79. The number of nitrogens with zero attached hydrogens (tertiary/aromatic N) is 2. The van der Waals surface area contributed by atoms with Gasteiger partial charge in [0.05, 0.1) is 11.5 Å². The van der Waals surface area contributed by atoms with Gasteiger partial charge < -0.3 is 5.32 Å². The molecule has 6 heteroatoms. The minimum absolute atomic E-state index is 0.00272. The molecule has 1 aromatic carbocycles. The molecule has 1 amide bonds. The fourth-order valence-corrected chi connectivity index (χ4v) is 2.40. The molecule has 1 N–H and O–H groups in total. The van der Waals surface area contributed by atoms with E-state index in [9.17, 15) is 4.79 Å². The largest absolute Gasteiger partial charge is 0.303 e. The predicted octanol–water partition coefficient (Wildman–Crippen LogP) is 2.67. The van der Waals surface area contributed by atoms with Gasteiger partial charge in [-0.05, 0) is 24.1 Å². The Labute approximate surface area is 115 Å². The second-order valence-electron chi connectivity index (χ2n) is 3.71. The van der Waals surface area contributed by atoms with E-state index in [1.54, 1.807) is 18.3 Å².